The summed E-state index contributed by atoms with van der Waals surface area (Å²) in [6.45, 7) is 0.819. The first-order valence-corrected chi connectivity index (χ1v) is 6.08. The molecule has 1 aromatic carbocycles. The molecule has 6 nitrogen and oxygen atoms in total. The molecule has 2 amide bonds. The fourth-order valence-corrected chi connectivity index (χ4v) is 1.38. The Morgan fingerprint density at radius 3 is 2.58 bits per heavy atom. The van der Waals surface area contributed by atoms with Gasteiger partial charge in [0.2, 0.25) is 11.8 Å². The summed E-state index contributed by atoms with van der Waals surface area (Å²) in [6.07, 6.45) is 0. The highest BCUT2D eigenvalue weighted by Crippen LogP contribution is 2.12. The lowest BCUT2D eigenvalue weighted by molar-refractivity contribution is -0.122. The van der Waals surface area contributed by atoms with Gasteiger partial charge in [-0.25, -0.2) is 0 Å². The smallest absolute Gasteiger partial charge is 0.243 e. The van der Waals surface area contributed by atoms with Crippen LogP contribution < -0.4 is 16.4 Å². The first-order chi connectivity index (χ1) is 9.08. The average molecular weight is 286 g/mol. The zero-order chi connectivity index (χ0) is 14.1. The number of hydrogen-bond donors (Lipinski definition) is 3. The minimum Gasteiger partial charge on any atom is -0.370 e. The predicted molar refractivity (Wildman–Crippen MR) is 73.0 cm³/mol. The fraction of sp³-hybridized carbons (Fsp3) is 0.333. The number of amides is 2. The highest BCUT2D eigenvalue weighted by molar-refractivity contribution is 6.30. The lowest BCUT2D eigenvalue weighted by atomic mass is 10.3. The molecule has 104 valence electrons. The van der Waals surface area contributed by atoms with Crippen LogP contribution in [0.5, 0.6) is 0 Å². The lowest BCUT2D eigenvalue weighted by Gasteiger charge is -2.07. The maximum atomic E-state index is 11.5. The molecule has 0 aromatic heterocycles. The van der Waals surface area contributed by atoms with Crippen molar-refractivity contribution in [3.63, 3.8) is 0 Å². The molecule has 0 aliphatic rings. The third kappa shape index (κ3) is 7.40. The summed E-state index contributed by atoms with van der Waals surface area (Å²) in [5.74, 6) is -0.683. The van der Waals surface area contributed by atoms with Gasteiger partial charge in [0.1, 0.15) is 6.61 Å². The largest absolute Gasteiger partial charge is 0.370 e. The topological polar surface area (TPSA) is 93.5 Å². The minimum absolute atomic E-state index is 0.112. The molecule has 0 aliphatic heterocycles. The van der Waals surface area contributed by atoms with Crippen LogP contribution in [-0.2, 0) is 14.3 Å². The number of carbonyl (C=O) groups is 2. The Hall–Kier alpha value is -1.63. The quantitative estimate of drug-likeness (QED) is 0.602. The fourth-order valence-electron chi connectivity index (χ4n) is 1.26. The number of nitrogens with one attached hydrogen (secondary N) is 2. The number of rotatable bonds is 8. The van der Waals surface area contributed by atoms with Crippen molar-refractivity contribution in [2.24, 2.45) is 5.73 Å². The van der Waals surface area contributed by atoms with Gasteiger partial charge in [-0.1, -0.05) is 11.6 Å². The molecule has 19 heavy (non-hydrogen) atoms. The van der Waals surface area contributed by atoms with E-state index in [1.165, 1.54) is 0 Å². The molecule has 0 unspecified atom stereocenters. The minimum atomic E-state index is -0.513. The molecule has 0 heterocycles. The number of ether oxygens (including phenoxy) is 1. The number of primary amides is 1. The van der Waals surface area contributed by atoms with Crippen LogP contribution in [-0.4, -0.2) is 38.1 Å². The van der Waals surface area contributed by atoms with Crippen LogP contribution in [0.2, 0.25) is 5.02 Å². The van der Waals surface area contributed by atoms with Crippen LogP contribution in [0.15, 0.2) is 24.3 Å². The van der Waals surface area contributed by atoms with Crippen molar-refractivity contribution < 1.29 is 14.3 Å². The zero-order valence-corrected chi connectivity index (χ0v) is 11.1. The summed E-state index contributed by atoms with van der Waals surface area (Å²) >= 11 is 5.73. The number of nitrogens with two attached hydrogens (primary N) is 1. The van der Waals surface area contributed by atoms with E-state index in [4.69, 9.17) is 22.1 Å². The van der Waals surface area contributed by atoms with E-state index >= 15 is 0 Å². The summed E-state index contributed by atoms with van der Waals surface area (Å²) in [6, 6.07) is 6.83. The second kappa shape index (κ2) is 8.47. The maximum absolute atomic E-state index is 11.5. The molecular weight excluding hydrogens is 270 g/mol. The molecular formula is C12H16ClN3O3. The standard InChI is InChI=1S/C12H16ClN3O3/c13-9-1-3-10(4-2-9)16-12(18)7-15-5-6-19-8-11(14)17/h1-4,15H,5-8H2,(H2,14,17)(H,16,18). The summed E-state index contributed by atoms with van der Waals surface area (Å²) in [4.78, 5) is 21.9. The first kappa shape index (κ1) is 15.4. The van der Waals surface area contributed by atoms with Crippen LogP contribution in [0.4, 0.5) is 5.69 Å². The Balaban J connectivity index is 2.11. The third-order valence-corrected chi connectivity index (χ3v) is 2.33. The first-order valence-electron chi connectivity index (χ1n) is 5.70. The predicted octanol–water partition coefficient (Wildman–Crippen LogP) is 0.370. The summed E-state index contributed by atoms with van der Waals surface area (Å²) < 4.78 is 4.92. The lowest BCUT2D eigenvalue weighted by Crippen LogP contribution is -2.31. The second-order valence-electron chi connectivity index (χ2n) is 3.75. The molecule has 0 saturated carbocycles. The van der Waals surface area contributed by atoms with E-state index in [1.54, 1.807) is 24.3 Å². The van der Waals surface area contributed by atoms with Gasteiger partial charge in [0, 0.05) is 17.3 Å². The molecule has 0 fully saturated rings. The van der Waals surface area contributed by atoms with Gasteiger partial charge < -0.3 is 21.1 Å². The van der Waals surface area contributed by atoms with Crippen LogP contribution in [0.1, 0.15) is 0 Å². The van der Waals surface area contributed by atoms with E-state index in [0.717, 1.165) is 0 Å². The summed E-state index contributed by atoms with van der Waals surface area (Å²) in [5, 5.41) is 6.19. The van der Waals surface area contributed by atoms with E-state index in [9.17, 15) is 9.59 Å². The summed E-state index contributed by atoms with van der Waals surface area (Å²) in [7, 11) is 0. The van der Waals surface area contributed by atoms with Gasteiger partial charge in [0.15, 0.2) is 0 Å². The number of carbonyl (C=O) groups excluding carboxylic acids is 2. The van der Waals surface area contributed by atoms with Gasteiger partial charge in [0.25, 0.3) is 0 Å². The van der Waals surface area contributed by atoms with Gasteiger partial charge in [-0.15, -0.1) is 0 Å². The number of benzene rings is 1. The molecule has 0 aliphatic carbocycles. The van der Waals surface area contributed by atoms with E-state index < -0.39 is 5.91 Å². The third-order valence-electron chi connectivity index (χ3n) is 2.08. The van der Waals surface area contributed by atoms with E-state index in [2.05, 4.69) is 10.6 Å². The van der Waals surface area contributed by atoms with Crippen LogP contribution in [0, 0.1) is 0 Å². The molecule has 1 aromatic rings. The highest BCUT2D eigenvalue weighted by atomic mass is 35.5. The molecule has 0 saturated heterocycles. The van der Waals surface area contributed by atoms with Crippen molar-refractivity contribution in [2.45, 2.75) is 0 Å². The number of halogens is 1. The van der Waals surface area contributed by atoms with Crippen LogP contribution in [0.25, 0.3) is 0 Å². The molecule has 1 rings (SSSR count). The average Bonchev–Trinajstić information content (AvgIpc) is 2.36. The Labute approximate surface area is 116 Å². The molecule has 0 bridgehead atoms. The second-order valence-corrected chi connectivity index (χ2v) is 4.19. The maximum Gasteiger partial charge on any atom is 0.243 e. The van der Waals surface area contributed by atoms with Crippen LogP contribution >= 0.6 is 11.6 Å². The molecule has 0 spiro atoms. The van der Waals surface area contributed by atoms with Gasteiger partial charge in [-0.2, -0.15) is 0 Å². The van der Waals surface area contributed by atoms with Crippen molar-refractivity contribution in [2.75, 3.05) is 31.6 Å². The van der Waals surface area contributed by atoms with E-state index in [-0.39, 0.29) is 19.1 Å². The van der Waals surface area contributed by atoms with Gasteiger partial charge in [0.05, 0.1) is 13.2 Å². The molecule has 0 atom stereocenters. The number of hydrogen-bond acceptors (Lipinski definition) is 4. The van der Waals surface area contributed by atoms with E-state index in [0.29, 0.717) is 23.9 Å². The normalized spacial score (nSPS) is 10.2. The molecule has 7 heteroatoms. The Morgan fingerprint density at radius 1 is 1.26 bits per heavy atom. The van der Waals surface area contributed by atoms with Crippen molar-refractivity contribution in [1.29, 1.82) is 0 Å². The number of anilines is 1. The Morgan fingerprint density at radius 2 is 1.95 bits per heavy atom. The van der Waals surface area contributed by atoms with Crippen LogP contribution in [0.3, 0.4) is 0 Å². The van der Waals surface area contributed by atoms with Gasteiger partial charge in [-0.3, -0.25) is 9.59 Å². The van der Waals surface area contributed by atoms with Crippen molar-refractivity contribution >= 4 is 29.1 Å². The Kier molecular flexibility index (Phi) is 6.88. The van der Waals surface area contributed by atoms with Gasteiger partial charge >= 0.3 is 0 Å². The highest BCUT2D eigenvalue weighted by Gasteiger charge is 2.01. The van der Waals surface area contributed by atoms with Crippen molar-refractivity contribution in [1.82, 2.24) is 5.32 Å². The molecule has 0 radical (unpaired) electrons. The van der Waals surface area contributed by atoms with Crippen molar-refractivity contribution in [3.05, 3.63) is 29.3 Å². The monoisotopic (exact) mass is 285 g/mol. The van der Waals surface area contributed by atoms with Crippen molar-refractivity contribution in [3.8, 4) is 0 Å². The Bertz CT molecular complexity index is 423. The zero-order valence-electron chi connectivity index (χ0n) is 10.3. The SMILES string of the molecule is NC(=O)COCCNCC(=O)Nc1ccc(Cl)cc1. The summed E-state index contributed by atoms with van der Waals surface area (Å²) in [5.41, 5.74) is 5.58. The van der Waals surface area contributed by atoms with Gasteiger partial charge in [-0.05, 0) is 24.3 Å². The molecule has 4 N–H and O–H groups in total. The van der Waals surface area contributed by atoms with E-state index in [1.807, 2.05) is 0 Å².